The molecule has 4 heteroatoms. The molecule has 0 radical (unpaired) electrons. The van der Waals surface area contributed by atoms with Crippen molar-refractivity contribution in [3.63, 3.8) is 0 Å². The zero-order valence-corrected chi connectivity index (χ0v) is 15.5. The third-order valence-corrected chi connectivity index (χ3v) is 4.37. The molecule has 0 aromatic heterocycles. The van der Waals surface area contributed by atoms with Gasteiger partial charge >= 0.3 is 5.97 Å². The van der Waals surface area contributed by atoms with Crippen LogP contribution in [0.1, 0.15) is 22.3 Å². The molecule has 0 N–H and O–H groups in total. The van der Waals surface area contributed by atoms with Crippen molar-refractivity contribution >= 4 is 17.9 Å². The second kappa shape index (κ2) is 7.92. The minimum atomic E-state index is -0.464. The van der Waals surface area contributed by atoms with Crippen LogP contribution < -0.4 is 4.74 Å². The number of carbonyl (C=O) groups excluding carboxylic acids is 1. The van der Waals surface area contributed by atoms with E-state index in [2.05, 4.69) is 4.99 Å². The van der Waals surface area contributed by atoms with Gasteiger partial charge in [0, 0.05) is 11.1 Å². The normalized spacial score (nSPS) is 14.7. The van der Waals surface area contributed by atoms with E-state index in [9.17, 15) is 4.79 Å². The number of nitrogens with zero attached hydrogens (tertiary/aromatic N) is 1. The number of benzene rings is 3. The predicted octanol–water partition coefficient (Wildman–Crippen LogP) is 4.92. The van der Waals surface area contributed by atoms with E-state index in [-0.39, 0.29) is 5.70 Å². The number of cyclic esters (lactones) is 1. The number of hydrogen-bond acceptors (Lipinski definition) is 4. The van der Waals surface area contributed by atoms with Crippen molar-refractivity contribution in [1.82, 2.24) is 0 Å². The summed E-state index contributed by atoms with van der Waals surface area (Å²) in [6.45, 7) is 2.45. The highest BCUT2D eigenvalue weighted by atomic mass is 16.6. The Kier molecular flexibility index (Phi) is 5.02. The van der Waals surface area contributed by atoms with E-state index in [1.54, 1.807) is 6.08 Å². The number of para-hydroxylation sites is 1. The molecule has 0 bridgehead atoms. The van der Waals surface area contributed by atoms with Gasteiger partial charge in [-0.3, -0.25) is 0 Å². The monoisotopic (exact) mass is 369 g/mol. The van der Waals surface area contributed by atoms with Crippen LogP contribution in [-0.4, -0.2) is 11.9 Å². The number of aliphatic imine (C=N–C) groups is 1. The molecule has 0 saturated heterocycles. The molecule has 4 nitrogen and oxygen atoms in total. The lowest BCUT2D eigenvalue weighted by molar-refractivity contribution is -0.129. The van der Waals surface area contributed by atoms with Crippen LogP contribution in [0.4, 0.5) is 0 Å². The van der Waals surface area contributed by atoms with E-state index in [0.29, 0.717) is 18.3 Å². The summed E-state index contributed by atoms with van der Waals surface area (Å²) in [4.78, 5) is 16.6. The van der Waals surface area contributed by atoms with Gasteiger partial charge in [-0.25, -0.2) is 9.79 Å². The molecule has 0 atom stereocenters. The topological polar surface area (TPSA) is 47.9 Å². The molecule has 4 rings (SSSR count). The van der Waals surface area contributed by atoms with Crippen LogP contribution >= 0.6 is 0 Å². The van der Waals surface area contributed by atoms with E-state index in [1.807, 2.05) is 85.8 Å². The molecule has 1 aliphatic heterocycles. The fraction of sp³-hybridized carbons (Fsp3) is 0.0833. The van der Waals surface area contributed by atoms with Crippen molar-refractivity contribution in [1.29, 1.82) is 0 Å². The number of esters is 1. The molecule has 0 unspecified atom stereocenters. The second-order valence-corrected chi connectivity index (χ2v) is 6.51. The van der Waals surface area contributed by atoms with Crippen LogP contribution in [0.2, 0.25) is 0 Å². The fourth-order valence-corrected chi connectivity index (χ4v) is 2.84. The molecule has 3 aromatic rings. The molecule has 28 heavy (non-hydrogen) atoms. The van der Waals surface area contributed by atoms with Gasteiger partial charge in [-0.15, -0.1) is 0 Å². The number of aryl methyl sites for hydroxylation is 1. The largest absolute Gasteiger partial charge is 0.488 e. The lowest BCUT2D eigenvalue weighted by Crippen LogP contribution is -2.05. The van der Waals surface area contributed by atoms with E-state index >= 15 is 0 Å². The Labute approximate surface area is 163 Å². The van der Waals surface area contributed by atoms with Gasteiger partial charge in [0.25, 0.3) is 0 Å². The average molecular weight is 369 g/mol. The van der Waals surface area contributed by atoms with Crippen molar-refractivity contribution in [3.05, 3.63) is 107 Å². The van der Waals surface area contributed by atoms with Crippen LogP contribution in [0.5, 0.6) is 5.75 Å². The van der Waals surface area contributed by atoms with Crippen molar-refractivity contribution in [2.45, 2.75) is 13.5 Å². The Balaban J connectivity index is 1.58. The molecular formula is C24H19NO3. The van der Waals surface area contributed by atoms with Crippen molar-refractivity contribution in [2.24, 2.45) is 4.99 Å². The molecule has 0 spiro atoms. The average Bonchev–Trinajstić information content (AvgIpc) is 3.09. The Bertz CT molecular complexity index is 1050. The molecule has 138 valence electrons. The number of carbonyl (C=O) groups is 1. The highest BCUT2D eigenvalue weighted by molar-refractivity contribution is 6.12. The summed E-state index contributed by atoms with van der Waals surface area (Å²) < 4.78 is 11.3. The summed E-state index contributed by atoms with van der Waals surface area (Å²) >= 11 is 0. The molecule has 1 heterocycles. The van der Waals surface area contributed by atoms with Crippen molar-refractivity contribution in [2.75, 3.05) is 0 Å². The maximum Gasteiger partial charge on any atom is 0.363 e. The van der Waals surface area contributed by atoms with Gasteiger partial charge in [-0.2, -0.15) is 0 Å². The minimum Gasteiger partial charge on any atom is -0.488 e. The van der Waals surface area contributed by atoms with E-state index in [1.165, 1.54) is 0 Å². The van der Waals surface area contributed by atoms with E-state index < -0.39 is 5.97 Å². The van der Waals surface area contributed by atoms with E-state index in [4.69, 9.17) is 9.47 Å². The first kappa shape index (κ1) is 17.7. The lowest BCUT2D eigenvalue weighted by atomic mass is 10.1. The maximum atomic E-state index is 12.3. The minimum absolute atomic E-state index is 0.256. The van der Waals surface area contributed by atoms with Crippen LogP contribution in [0.25, 0.3) is 6.08 Å². The summed E-state index contributed by atoms with van der Waals surface area (Å²) in [5.74, 6) is 0.540. The smallest absolute Gasteiger partial charge is 0.363 e. The molecule has 0 aliphatic carbocycles. The number of rotatable bonds is 5. The van der Waals surface area contributed by atoms with Gasteiger partial charge in [0.1, 0.15) is 12.4 Å². The SMILES string of the molecule is Cc1ccc(C2=N/C(=C/c3ccccc3OCc3ccccc3)C(=O)O2)cc1. The van der Waals surface area contributed by atoms with Gasteiger partial charge in [-0.1, -0.05) is 66.2 Å². The number of hydrogen-bond donors (Lipinski definition) is 0. The van der Waals surface area contributed by atoms with Crippen molar-refractivity contribution < 1.29 is 14.3 Å². The van der Waals surface area contributed by atoms with Gasteiger partial charge in [0.15, 0.2) is 5.70 Å². The fourth-order valence-electron chi connectivity index (χ4n) is 2.84. The first-order valence-electron chi connectivity index (χ1n) is 9.04. The summed E-state index contributed by atoms with van der Waals surface area (Å²) in [5, 5.41) is 0. The molecule has 1 aliphatic rings. The van der Waals surface area contributed by atoms with Crippen molar-refractivity contribution in [3.8, 4) is 5.75 Å². The molecule has 3 aromatic carbocycles. The molecule has 0 fully saturated rings. The Morgan fingerprint density at radius 2 is 1.64 bits per heavy atom. The summed E-state index contributed by atoms with van der Waals surface area (Å²) in [6.07, 6.45) is 1.70. The quantitative estimate of drug-likeness (QED) is 0.474. The molecule has 0 saturated carbocycles. The van der Waals surface area contributed by atoms with Crippen LogP contribution in [0.15, 0.2) is 89.6 Å². The number of ether oxygens (including phenoxy) is 2. The highest BCUT2D eigenvalue weighted by Crippen LogP contribution is 2.25. The second-order valence-electron chi connectivity index (χ2n) is 6.51. The lowest BCUT2D eigenvalue weighted by Gasteiger charge is -2.09. The first-order valence-corrected chi connectivity index (χ1v) is 9.04. The third-order valence-electron chi connectivity index (χ3n) is 4.37. The molecular weight excluding hydrogens is 350 g/mol. The summed E-state index contributed by atoms with van der Waals surface area (Å²) in [5.41, 5.74) is 4.01. The van der Waals surface area contributed by atoms with Gasteiger partial charge < -0.3 is 9.47 Å². The summed E-state index contributed by atoms with van der Waals surface area (Å²) in [6, 6.07) is 25.2. The van der Waals surface area contributed by atoms with Gasteiger partial charge in [-0.05, 0) is 36.8 Å². The van der Waals surface area contributed by atoms with Gasteiger partial charge in [0.2, 0.25) is 5.90 Å². The first-order chi connectivity index (χ1) is 13.7. The molecule has 0 amide bonds. The predicted molar refractivity (Wildman–Crippen MR) is 109 cm³/mol. The van der Waals surface area contributed by atoms with Crippen LogP contribution in [0, 0.1) is 6.92 Å². The van der Waals surface area contributed by atoms with Crippen LogP contribution in [0.3, 0.4) is 0 Å². The van der Waals surface area contributed by atoms with Gasteiger partial charge in [0.05, 0.1) is 0 Å². The zero-order chi connectivity index (χ0) is 19.3. The third kappa shape index (κ3) is 4.01. The standard InChI is InChI=1S/C24H19NO3/c1-17-11-13-19(14-12-17)23-25-21(24(26)28-23)15-20-9-5-6-10-22(20)27-16-18-7-3-2-4-8-18/h2-15H,16H2,1H3/b21-15+. The Hall–Kier alpha value is -3.66. The Morgan fingerprint density at radius 1 is 0.929 bits per heavy atom. The van der Waals surface area contributed by atoms with E-state index in [0.717, 1.165) is 22.3 Å². The zero-order valence-electron chi connectivity index (χ0n) is 15.5. The summed E-state index contributed by atoms with van der Waals surface area (Å²) in [7, 11) is 0. The maximum absolute atomic E-state index is 12.3. The Morgan fingerprint density at radius 3 is 2.43 bits per heavy atom. The van der Waals surface area contributed by atoms with Crippen LogP contribution in [-0.2, 0) is 16.1 Å². The highest BCUT2D eigenvalue weighted by Gasteiger charge is 2.24.